The molecule has 3 aliphatic heterocycles. The Morgan fingerprint density at radius 2 is 2.17 bits per heavy atom. The summed E-state index contributed by atoms with van der Waals surface area (Å²) in [4.78, 5) is 27.5. The van der Waals surface area contributed by atoms with Crippen molar-refractivity contribution >= 4 is 25.3 Å². The Kier molecular flexibility index (Phi) is 2.87. The summed E-state index contributed by atoms with van der Waals surface area (Å²) in [6, 6.07) is -0.918. The zero-order chi connectivity index (χ0) is 16.4. The molecule has 13 heteroatoms. The second kappa shape index (κ2) is 4.61. The number of phosphoric ester groups is 1. The number of phosphoric acid groups is 1. The fourth-order valence-electron chi connectivity index (χ4n) is 2.59. The molecule has 1 fully saturated rings. The van der Waals surface area contributed by atoms with Crippen molar-refractivity contribution in [1.29, 1.82) is 0 Å². The van der Waals surface area contributed by atoms with Crippen LogP contribution in [-0.4, -0.2) is 44.9 Å². The zero-order valence-corrected chi connectivity index (χ0v) is 12.2. The van der Waals surface area contributed by atoms with E-state index in [0.717, 1.165) is 0 Å². The van der Waals surface area contributed by atoms with Crippen molar-refractivity contribution in [3.63, 3.8) is 0 Å². The number of aliphatic hydroxyl groups excluding tert-OH is 1. The van der Waals surface area contributed by atoms with Crippen molar-refractivity contribution in [3.8, 4) is 0 Å². The summed E-state index contributed by atoms with van der Waals surface area (Å²) in [5.74, 6) is -0.489. The molecule has 0 bridgehead atoms. The minimum atomic E-state index is -4.29. The fourth-order valence-corrected chi connectivity index (χ4v) is 3.43. The Morgan fingerprint density at radius 1 is 1.39 bits per heavy atom. The highest BCUT2D eigenvalue weighted by Crippen LogP contribution is 2.52. The molecule has 0 amide bonds. The molecule has 1 aromatic rings. The average Bonchev–Trinajstić information content (AvgIpc) is 2.46. The lowest BCUT2D eigenvalue weighted by atomic mass is 10.0. The Balaban J connectivity index is 1.75. The molecule has 0 spiro atoms. The number of fused-ring (bicyclic) bond motifs is 3. The van der Waals surface area contributed by atoms with Gasteiger partial charge in [0.2, 0.25) is 5.95 Å². The molecule has 4 rings (SSSR count). The van der Waals surface area contributed by atoms with Crippen LogP contribution in [0.5, 0.6) is 0 Å². The van der Waals surface area contributed by atoms with Crippen LogP contribution in [0.3, 0.4) is 0 Å². The van der Waals surface area contributed by atoms with Crippen LogP contribution in [0.1, 0.15) is 0 Å². The molecular formula is C10H12N5O7P. The number of nitrogen functional groups attached to an aromatic ring is 1. The van der Waals surface area contributed by atoms with Crippen LogP contribution in [0.15, 0.2) is 16.3 Å². The van der Waals surface area contributed by atoms with E-state index in [9.17, 15) is 19.4 Å². The predicted octanol–water partition coefficient (Wildman–Crippen LogP) is -0.800. The van der Waals surface area contributed by atoms with Gasteiger partial charge in [0.05, 0.1) is 6.61 Å². The van der Waals surface area contributed by atoms with Gasteiger partial charge in [-0.2, -0.15) is 4.98 Å². The van der Waals surface area contributed by atoms with Gasteiger partial charge in [0.15, 0.2) is 23.6 Å². The molecule has 12 nitrogen and oxygen atoms in total. The third-order valence-electron chi connectivity index (χ3n) is 3.57. The highest BCUT2D eigenvalue weighted by molar-refractivity contribution is 7.47. The van der Waals surface area contributed by atoms with Gasteiger partial charge in [0.1, 0.15) is 17.8 Å². The first-order valence-electron chi connectivity index (χ1n) is 6.52. The van der Waals surface area contributed by atoms with E-state index in [4.69, 9.17) is 15.0 Å². The van der Waals surface area contributed by atoms with E-state index in [0.29, 0.717) is 0 Å². The molecule has 0 radical (unpaired) electrons. The number of aromatic amines is 1. The molecule has 7 N–H and O–H groups in total. The number of rotatable bonds is 0. The van der Waals surface area contributed by atoms with Crippen molar-refractivity contribution in [3.05, 3.63) is 21.9 Å². The molecule has 4 unspecified atom stereocenters. The molecular weight excluding hydrogens is 333 g/mol. The Labute approximate surface area is 127 Å². The highest BCUT2D eigenvalue weighted by atomic mass is 31.2. The molecule has 1 saturated heterocycles. The molecule has 124 valence electrons. The SMILES string of the molecule is Nc1nc2c(c(=O)[nH]1)NC1C(O)=C3OP(=O)(O)OCC3OC1N2. The minimum absolute atomic E-state index is 0.0499. The summed E-state index contributed by atoms with van der Waals surface area (Å²) in [6.45, 7) is -0.268. The van der Waals surface area contributed by atoms with E-state index in [2.05, 4.69) is 25.1 Å². The normalized spacial score (nSPS) is 35.1. The number of aromatic nitrogens is 2. The van der Waals surface area contributed by atoms with E-state index in [-0.39, 0.29) is 35.6 Å². The first-order chi connectivity index (χ1) is 10.8. The summed E-state index contributed by atoms with van der Waals surface area (Å²) < 4.78 is 26.5. The Hall–Kier alpha value is -2.27. The number of anilines is 3. The second-order valence-electron chi connectivity index (χ2n) is 5.09. The Morgan fingerprint density at radius 3 is 2.96 bits per heavy atom. The Bertz CT molecular complexity index is 822. The van der Waals surface area contributed by atoms with Crippen molar-refractivity contribution < 1.29 is 28.3 Å². The fraction of sp³-hybridized carbons (Fsp3) is 0.400. The number of nitrogens with two attached hydrogens (primary N) is 1. The molecule has 0 saturated carbocycles. The maximum atomic E-state index is 11.9. The number of hydrogen-bond acceptors (Lipinski definition) is 10. The number of hydrogen-bond donors (Lipinski definition) is 6. The largest absolute Gasteiger partial charge is 0.527 e. The third-order valence-corrected chi connectivity index (χ3v) is 4.48. The van der Waals surface area contributed by atoms with Crippen molar-refractivity contribution in [1.82, 2.24) is 9.97 Å². The first kappa shape index (κ1) is 14.3. The van der Waals surface area contributed by atoms with Crippen LogP contribution < -0.4 is 21.9 Å². The zero-order valence-electron chi connectivity index (χ0n) is 11.3. The molecule has 0 aliphatic carbocycles. The standard InChI is InChI=1S/C10H12N5O7P/c11-10-14-7-4(8(17)15-10)12-3-5(16)6-2(21-9(3)13-7)1-20-23(18,19)22-6/h2-3,9,12,16H,1H2,(H,18,19)(H4,11,13,14,15,17). The van der Waals surface area contributed by atoms with Gasteiger partial charge in [-0.1, -0.05) is 0 Å². The summed E-state index contributed by atoms with van der Waals surface area (Å²) in [7, 11) is -4.29. The van der Waals surface area contributed by atoms with Gasteiger partial charge in [-0.3, -0.25) is 19.2 Å². The predicted molar refractivity (Wildman–Crippen MR) is 75.5 cm³/mol. The molecule has 1 aromatic heterocycles. The van der Waals surface area contributed by atoms with E-state index >= 15 is 0 Å². The lowest BCUT2D eigenvalue weighted by Crippen LogP contribution is -2.54. The number of nitrogens with one attached hydrogen (secondary N) is 3. The maximum Gasteiger partial charge on any atom is 0.527 e. The highest BCUT2D eigenvalue weighted by Gasteiger charge is 2.48. The average molecular weight is 345 g/mol. The monoisotopic (exact) mass is 345 g/mol. The molecule has 23 heavy (non-hydrogen) atoms. The number of ether oxygens (including phenoxy) is 1. The first-order valence-corrected chi connectivity index (χ1v) is 8.02. The van der Waals surface area contributed by atoms with Gasteiger partial charge in [-0.05, 0) is 0 Å². The summed E-state index contributed by atoms with van der Waals surface area (Å²) in [6.07, 6.45) is -1.69. The summed E-state index contributed by atoms with van der Waals surface area (Å²) in [5.41, 5.74) is 4.99. The number of nitrogens with zero attached hydrogens (tertiary/aromatic N) is 1. The van der Waals surface area contributed by atoms with Crippen LogP contribution in [0.25, 0.3) is 0 Å². The third kappa shape index (κ3) is 2.23. The van der Waals surface area contributed by atoms with E-state index in [1.807, 2.05) is 0 Å². The van der Waals surface area contributed by atoms with Crippen LogP contribution in [0.2, 0.25) is 0 Å². The van der Waals surface area contributed by atoms with E-state index in [1.165, 1.54) is 0 Å². The van der Waals surface area contributed by atoms with Crippen LogP contribution >= 0.6 is 7.82 Å². The van der Waals surface area contributed by atoms with Crippen LogP contribution in [0.4, 0.5) is 17.5 Å². The van der Waals surface area contributed by atoms with Gasteiger partial charge < -0.3 is 30.7 Å². The van der Waals surface area contributed by atoms with Gasteiger partial charge in [-0.15, -0.1) is 0 Å². The summed E-state index contributed by atoms with van der Waals surface area (Å²) >= 11 is 0. The molecule has 0 aromatic carbocycles. The van der Waals surface area contributed by atoms with Gasteiger partial charge in [0.25, 0.3) is 5.56 Å². The van der Waals surface area contributed by atoms with Crippen LogP contribution in [0, 0.1) is 0 Å². The lowest BCUT2D eigenvalue weighted by molar-refractivity contribution is -0.0725. The number of aliphatic hydroxyl groups is 1. The quantitative estimate of drug-likeness (QED) is 0.324. The second-order valence-corrected chi connectivity index (χ2v) is 6.47. The molecule has 4 heterocycles. The summed E-state index contributed by atoms with van der Waals surface area (Å²) in [5, 5.41) is 15.9. The van der Waals surface area contributed by atoms with Gasteiger partial charge in [-0.25, -0.2) is 4.57 Å². The van der Waals surface area contributed by atoms with E-state index in [1.54, 1.807) is 0 Å². The van der Waals surface area contributed by atoms with E-state index < -0.39 is 31.8 Å². The van der Waals surface area contributed by atoms with Gasteiger partial charge >= 0.3 is 7.82 Å². The maximum absolute atomic E-state index is 11.9. The molecule has 3 aliphatic rings. The minimum Gasteiger partial charge on any atom is -0.506 e. The topological polar surface area (TPSA) is 181 Å². The van der Waals surface area contributed by atoms with Crippen molar-refractivity contribution in [2.75, 3.05) is 23.0 Å². The smallest absolute Gasteiger partial charge is 0.506 e. The van der Waals surface area contributed by atoms with Crippen LogP contribution in [-0.2, 0) is 18.3 Å². The van der Waals surface area contributed by atoms with Crippen molar-refractivity contribution in [2.24, 2.45) is 0 Å². The lowest BCUT2D eigenvalue weighted by Gasteiger charge is -2.42. The number of H-pyrrole nitrogens is 1. The van der Waals surface area contributed by atoms with Gasteiger partial charge in [0, 0.05) is 0 Å². The van der Waals surface area contributed by atoms with Crippen molar-refractivity contribution in [2.45, 2.75) is 18.4 Å². The molecule has 4 atom stereocenters.